The van der Waals surface area contributed by atoms with Crippen molar-refractivity contribution in [1.82, 2.24) is 5.32 Å². The van der Waals surface area contributed by atoms with Gasteiger partial charge in [-0.15, -0.1) is 11.3 Å². The third-order valence-corrected chi connectivity index (χ3v) is 4.45. The quantitative estimate of drug-likeness (QED) is 0.850. The normalized spacial score (nSPS) is 12.7. The Balaban J connectivity index is 2.51. The molecule has 0 aliphatic carbocycles. The standard InChI is InChI=1S/C16H19F2NS/c1-4-11-6-7-20-16(11)15(19-5-2)12-9-13(17)10(3)8-14(12)18/h6-9,15,19H,4-5H2,1-3H3. The first kappa shape index (κ1) is 15.1. The number of hydrogen-bond donors (Lipinski definition) is 1. The summed E-state index contributed by atoms with van der Waals surface area (Å²) in [5, 5.41) is 5.27. The van der Waals surface area contributed by atoms with E-state index in [1.807, 2.05) is 18.4 Å². The molecule has 0 saturated carbocycles. The van der Waals surface area contributed by atoms with Crippen LogP contribution >= 0.6 is 11.3 Å². The average Bonchev–Trinajstić information content (AvgIpc) is 2.88. The van der Waals surface area contributed by atoms with Crippen LogP contribution in [0.5, 0.6) is 0 Å². The SMILES string of the molecule is CCNC(c1cc(F)c(C)cc1F)c1sccc1CC. The lowest BCUT2D eigenvalue weighted by molar-refractivity contribution is 0.543. The molecule has 0 spiro atoms. The van der Waals surface area contributed by atoms with Crippen molar-refractivity contribution in [2.45, 2.75) is 33.2 Å². The van der Waals surface area contributed by atoms with Gasteiger partial charge in [0.1, 0.15) is 11.6 Å². The van der Waals surface area contributed by atoms with Gasteiger partial charge in [0.2, 0.25) is 0 Å². The Hall–Kier alpha value is -1.26. The second-order valence-electron chi connectivity index (χ2n) is 4.78. The Morgan fingerprint density at radius 3 is 2.60 bits per heavy atom. The first-order valence-electron chi connectivity index (χ1n) is 6.83. The number of nitrogens with one attached hydrogen (secondary N) is 1. The van der Waals surface area contributed by atoms with Gasteiger partial charge in [0, 0.05) is 10.4 Å². The summed E-state index contributed by atoms with van der Waals surface area (Å²) >= 11 is 1.58. The van der Waals surface area contributed by atoms with Crippen LogP contribution in [-0.2, 0) is 6.42 Å². The van der Waals surface area contributed by atoms with E-state index < -0.39 is 0 Å². The number of hydrogen-bond acceptors (Lipinski definition) is 2. The topological polar surface area (TPSA) is 12.0 Å². The summed E-state index contributed by atoms with van der Waals surface area (Å²) in [7, 11) is 0. The van der Waals surface area contributed by atoms with Gasteiger partial charge >= 0.3 is 0 Å². The molecule has 20 heavy (non-hydrogen) atoms. The van der Waals surface area contributed by atoms with E-state index in [0.717, 1.165) is 11.3 Å². The zero-order valence-corrected chi connectivity index (χ0v) is 12.8. The van der Waals surface area contributed by atoms with E-state index in [1.165, 1.54) is 17.7 Å². The molecule has 1 atom stereocenters. The van der Waals surface area contributed by atoms with Crippen molar-refractivity contribution in [1.29, 1.82) is 0 Å². The van der Waals surface area contributed by atoms with E-state index in [1.54, 1.807) is 18.3 Å². The molecule has 1 aromatic carbocycles. The van der Waals surface area contributed by atoms with Crippen LogP contribution in [0.25, 0.3) is 0 Å². The van der Waals surface area contributed by atoms with E-state index in [4.69, 9.17) is 0 Å². The van der Waals surface area contributed by atoms with E-state index in [0.29, 0.717) is 17.7 Å². The highest BCUT2D eigenvalue weighted by atomic mass is 32.1. The van der Waals surface area contributed by atoms with Gasteiger partial charge in [0.05, 0.1) is 6.04 Å². The minimum Gasteiger partial charge on any atom is -0.306 e. The number of thiophene rings is 1. The molecule has 108 valence electrons. The van der Waals surface area contributed by atoms with Crippen LogP contribution in [0.2, 0.25) is 0 Å². The van der Waals surface area contributed by atoms with Gasteiger partial charge in [0.15, 0.2) is 0 Å². The van der Waals surface area contributed by atoms with Crippen LogP contribution in [0.4, 0.5) is 8.78 Å². The van der Waals surface area contributed by atoms with Gasteiger partial charge in [-0.2, -0.15) is 0 Å². The summed E-state index contributed by atoms with van der Waals surface area (Å²) in [6.45, 7) is 6.31. The molecule has 1 aromatic heterocycles. The van der Waals surface area contributed by atoms with Crippen LogP contribution in [0.15, 0.2) is 23.6 Å². The molecule has 0 amide bonds. The fourth-order valence-corrected chi connectivity index (χ4v) is 3.41. The Labute approximate surface area is 122 Å². The summed E-state index contributed by atoms with van der Waals surface area (Å²) in [4.78, 5) is 1.07. The molecule has 0 fully saturated rings. The fourth-order valence-electron chi connectivity index (χ4n) is 2.32. The molecule has 0 aliphatic rings. The second kappa shape index (κ2) is 6.46. The first-order valence-corrected chi connectivity index (χ1v) is 7.71. The summed E-state index contributed by atoms with van der Waals surface area (Å²) < 4.78 is 28.0. The summed E-state index contributed by atoms with van der Waals surface area (Å²) in [6, 6.07) is 4.35. The number of benzene rings is 1. The number of halogens is 2. The number of aryl methyl sites for hydroxylation is 2. The van der Waals surface area contributed by atoms with E-state index >= 15 is 0 Å². The Morgan fingerprint density at radius 2 is 1.95 bits per heavy atom. The molecular formula is C16H19F2NS. The smallest absolute Gasteiger partial charge is 0.128 e. The monoisotopic (exact) mass is 295 g/mol. The molecule has 1 nitrogen and oxygen atoms in total. The first-order chi connectivity index (χ1) is 9.58. The molecule has 4 heteroatoms. The maximum absolute atomic E-state index is 14.2. The number of rotatable bonds is 5. The Kier molecular flexibility index (Phi) is 4.89. The predicted octanol–water partition coefficient (Wildman–Crippen LogP) is 4.60. The molecule has 1 unspecified atom stereocenters. The van der Waals surface area contributed by atoms with Crippen molar-refractivity contribution < 1.29 is 8.78 Å². The van der Waals surface area contributed by atoms with Crippen molar-refractivity contribution in [3.8, 4) is 0 Å². The summed E-state index contributed by atoms with van der Waals surface area (Å²) in [5.41, 5.74) is 1.90. The van der Waals surface area contributed by atoms with Crippen LogP contribution < -0.4 is 5.32 Å². The maximum atomic E-state index is 14.2. The van der Waals surface area contributed by atoms with Crippen molar-refractivity contribution >= 4 is 11.3 Å². The highest BCUT2D eigenvalue weighted by molar-refractivity contribution is 7.10. The Morgan fingerprint density at radius 1 is 1.20 bits per heavy atom. The van der Waals surface area contributed by atoms with Crippen molar-refractivity contribution in [3.05, 3.63) is 56.8 Å². The third kappa shape index (κ3) is 2.91. The predicted molar refractivity (Wildman–Crippen MR) is 80.3 cm³/mol. The van der Waals surface area contributed by atoms with Crippen molar-refractivity contribution in [3.63, 3.8) is 0 Å². The zero-order valence-electron chi connectivity index (χ0n) is 12.0. The summed E-state index contributed by atoms with van der Waals surface area (Å²) in [5.74, 6) is -0.718. The lowest BCUT2D eigenvalue weighted by Gasteiger charge is -2.20. The highest BCUT2D eigenvalue weighted by Gasteiger charge is 2.22. The van der Waals surface area contributed by atoms with Crippen molar-refractivity contribution in [2.75, 3.05) is 6.54 Å². The van der Waals surface area contributed by atoms with Gasteiger partial charge in [-0.1, -0.05) is 13.8 Å². The lowest BCUT2D eigenvalue weighted by atomic mass is 9.99. The summed E-state index contributed by atoms with van der Waals surface area (Å²) in [6.07, 6.45) is 0.886. The second-order valence-corrected chi connectivity index (χ2v) is 5.72. The largest absolute Gasteiger partial charge is 0.306 e. The molecule has 0 saturated heterocycles. The van der Waals surface area contributed by atoms with Gasteiger partial charge in [-0.05, 0) is 54.6 Å². The van der Waals surface area contributed by atoms with Crippen LogP contribution in [0, 0.1) is 18.6 Å². The third-order valence-electron chi connectivity index (χ3n) is 3.42. The molecule has 2 aromatic rings. The van der Waals surface area contributed by atoms with Gasteiger partial charge in [0.25, 0.3) is 0 Å². The van der Waals surface area contributed by atoms with E-state index in [-0.39, 0.29) is 17.7 Å². The van der Waals surface area contributed by atoms with Gasteiger partial charge < -0.3 is 5.32 Å². The molecule has 0 aliphatic heterocycles. The Bertz CT molecular complexity index is 592. The van der Waals surface area contributed by atoms with Gasteiger partial charge in [-0.3, -0.25) is 0 Å². The van der Waals surface area contributed by atoms with E-state index in [9.17, 15) is 8.78 Å². The minimum absolute atomic E-state index is 0.287. The van der Waals surface area contributed by atoms with Crippen LogP contribution in [0.1, 0.15) is 41.5 Å². The minimum atomic E-state index is -0.362. The van der Waals surface area contributed by atoms with Gasteiger partial charge in [-0.25, -0.2) is 8.78 Å². The molecular weight excluding hydrogens is 276 g/mol. The maximum Gasteiger partial charge on any atom is 0.128 e. The fraction of sp³-hybridized carbons (Fsp3) is 0.375. The lowest BCUT2D eigenvalue weighted by Crippen LogP contribution is -2.23. The van der Waals surface area contributed by atoms with Crippen LogP contribution in [-0.4, -0.2) is 6.54 Å². The molecule has 0 radical (unpaired) electrons. The molecule has 0 bridgehead atoms. The average molecular weight is 295 g/mol. The van der Waals surface area contributed by atoms with Crippen LogP contribution in [0.3, 0.4) is 0 Å². The molecule has 1 heterocycles. The van der Waals surface area contributed by atoms with E-state index in [2.05, 4.69) is 12.2 Å². The highest BCUT2D eigenvalue weighted by Crippen LogP contribution is 2.32. The molecule has 1 N–H and O–H groups in total. The zero-order chi connectivity index (χ0) is 14.7. The van der Waals surface area contributed by atoms with Crippen molar-refractivity contribution in [2.24, 2.45) is 0 Å². The molecule has 2 rings (SSSR count).